The quantitative estimate of drug-likeness (QED) is 0.922. The summed E-state index contributed by atoms with van der Waals surface area (Å²) in [5.74, 6) is 0. The number of carbonyl (C=O) groups is 1. The highest BCUT2D eigenvalue weighted by Crippen LogP contribution is 2.10. The monoisotopic (exact) mass is 303 g/mol. The molecule has 0 aliphatic carbocycles. The van der Waals surface area contributed by atoms with Crippen LogP contribution in [0.1, 0.15) is 11.3 Å². The Kier molecular flexibility index (Phi) is 5.58. The Morgan fingerprint density at radius 3 is 2.67 bits per heavy atom. The van der Waals surface area contributed by atoms with Gasteiger partial charge in [-0.3, -0.25) is 4.98 Å². The van der Waals surface area contributed by atoms with E-state index in [0.717, 1.165) is 17.7 Å². The van der Waals surface area contributed by atoms with Crippen LogP contribution in [0, 0.1) is 0 Å². The van der Waals surface area contributed by atoms with E-state index in [4.69, 9.17) is 11.6 Å². The van der Waals surface area contributed by atoms with Crippen LogP contribution in [0.2, 0.25) is 5.02 Å². The second-order valence-corrected chi connectivity index (χ2v) is 5.22. The van der Waals surface area contributed by atoms with Gasteiger partial charge in [0.05, 0.1) is 0 Å². The molecule has 1 N–H and O–H groups in total. The number of aromatic nitrogens is 1. The number of halogens is 1. The Morgan fingerprint density at radius 1 is 1.24 bits per heavy atom. The van der Waals surface area contributed by atoms with Crippen LogP contribution in [0.4, 0.5) is 4.79 Å². The molecule has 1 aromatic heterocycles. The van der Waals surface area contributed by atoms with Crippen molar-refractivity contribution in [3.05, 3.63) is 64.9 Å². The molecule has 0 aliphatic rings. The van der Waals surface area contributed by atoms with Gasteiger partial charge in [0.25, 0.3) is 0 Å². The van der Waals surface area contributed by atoms with Crippen molar-refractivity contribution in [2.75, 3.05) is 13.6 Å². The Hall–Kier alpha value is -2.07. The van der Waals surface area contributed by atoms with Crippen molar-refractivity contribution < 1.29 is 4.79 Å². The number of nitrogens with zero attached hydrogens (tertiary/aromatic N) is 2. The first-order chi connectivity index (χ1) is 10.1. The van der Waals surface area contributed by atoms with Crippen LogP contribution in [-0.4, -0.2) is 29.5 Å². The van der Waals surface area contributed by atoms with Crippen molar-refractivity contribution in [2.24, 2.45) is 0 Å². The molecular formula is C16H18ClN3O. The standard InChI is InChI=1S/C16H18ClN3O/c1-20(12-13-5-7-14(17)8-6-13)16(21)19-11-9-15-4-2-3-10-18-15/h2-8,10H,9,11-12H2,1H3,(H,19,21). The Bertz CT molecular complexity index is 572. The molecule has 4 nitrogen and oxygen atoms in total. The number of urea groups is 1. The lowest BCUT2D eigenvalue weighted by Crippen LogP contribution is -2.37. The lowest BCUT2D eigenvalue weighted by Gasteiger charge is -2.18. The molecule has 0 saturated carbocycles. The lowest BCUT2D eigenvalue weighted by molar-refractivity contribution is 0.207. The van der Waals surface area contributed by atoms with Crippen molar-refractivity contribution in [2.45, 2.75) is 13.0 Å². The summed E-state index contributed by atoms with van der Waals surface area (Å²) in [5, 5.41) is 3.58. The average molecular weight is 304 g/mol. The fraction of sp³-hybridized carbons (Fsp3) is 0.250. The summed E-state index contributed by atoms with van der Waals surface area (Å²) in [6.45, 7) is 1.12. The van der Waals surface area contributed by atoms with E-state index in [1.54, 1.807) is 18.1 Å². The largest absolute Gasteiger partial charge is 0.338 e. The third-order valence-electron chi connectivity index (χ3n) is 3.06. The van der Waals surface area contributed by atoms with Gasteiger partial charge in [0, 0.05) is 43.5 Å². The molecule has 5 heteroatoms. The summed E-state index contributed by atoms with van der Waals surface area (Å²) in [6, 6.07) is 13.1. The Morgan fingerprint density at radius 2 is 2.00 bits per heavy atom. The third kappa shape index (κ3) is 5.08. The van der Waals surface area contributed by atoms with Crippen LogP contribution in [0.25, 0.3) is 0 Å². The van der Waals surface area contributed by atoms with Crippen molar-refractivity contribution >= 4 is 17.6 Å². The van der Waals surface area contributed by atoms with Crippen molar-refractivity contribution in [3.8, 4) is 0 Å². The minimum absolute atomic E-state index is 0.0964. The molecule has 110 valence electrons. The molecule has 0 saturated heterocycles. The van der Waals surface area contributed by atoms with Gasteiger partial charge in [-0.2, -0.15) is 0 Å². The maximum Gasteiger partial charge on any atom is 0.317 e. The molecule has 0 aliphatic heterocycles. The fourth-order valence-electron chi connectivity index (χ4n) is 1.91. The highest BCUT2D eigenvalue weighted by atomic mass is 35.5. The summed E-state index contributed by atoms with van der Waals surface area (Å²) >= 11 is 5.84. The molecule has 0 spiro atoms. The van der Waals surface area contributed by atoms with Gasteiger partial charge in [-0.05, 0) is 29.8 Å². The molecule has 1 heterocycles. The molecule has 2 rings (SSSR count). The smallest absolute Gasteiger partial charge is 0.317 e. The topological polar surface area (TPSA) is 45.2 Å². The van der Waals surface area contributed by atoms with E-state index in [-0.39, 0.29) is 6.03 Å². The second-order valence-electron chi connectivity index (χ2n) is 4.79. The van der Waals surface area contributed by atoms with Gasteiger partial charge in [-0.1, -0.05) is 29.8 Å². The number of benzene rings is 1. The van der Waals surface area contributed by atoms with Crippen molar-refractivity contribution in [1.82, 2.24) is 15.2 Å². The van der Waals surface area contributed by atoms with Crippen LogP contribution < -0.4 is 5.32 Å². The van der Waals surface area contributed by atoms with Gasteiger partial charge >= 0.3 is 6.03 Å². The summed E-state index contributed by atoms with van der Waals surface area (Å²) in [6.07, 6.45) is 2.48. The van der Waals surface area contributed by atoms with Crippen molar-refractivity contribution in [1.29, 1.82) is 0 Å². The molecule has 21 heavy (non-hydrogen) atoms. The Balaban J connectivity index is 1.76. The van der Waals surface area contributed by atoms with Crippen LogP contribution >= 0.6 is 11.6 Å². The van der Waals surface area contributed by atoms with E-state index >= 15 is 0 Å². The molecule has 2 amide bonds. The minimum Gasteiger partial charge on any atom is -0.338 e. The number of nitrogens with one attached hydrogen (secondary N) is 1. The predicted octanol–water partition coefficient (Wildman–Crippen LogP) is 3.12. The number of pyridine rings is 1. The predicted molar refractivity (Wildman–Crippen MR) is 84.3 cm³/mol. The van der Waals surface area contributed by atoms with Crippen LogP contribution in [0.3, 0.4) is 0 Å². The fourth-order valence-corrected chi connectivity index (χ4v) is 2.04. The van der Waals surface area contributed by atoms with Crippen molar-refractivity contribution in [3.63, 3.8) is 0 Å². The van der Waals surface area contributed by atoms with E-state index in [2.05, 4.69) is 10.3 Å². The van der Waals surface area contributed by atoms with Gasteiger partial charge < -0.3 is 10.2 Å². The van der Waals surface area contributed by atoms with Crippen LogP contribution in [0.15, 0.2) is 48.7 Å². The Labute approximate surface area is 129 Å². The molecular weight excluding hydrogens is 286 g/mol. The average Bonchev–Trinajstić information content (AvgIpc) is 2.50. The first-order valence-electron chi connectivity index (χ1n) is 6.78. The number of amides is 2. The maximum atomic E-state index is 12.0. The molecule has 0 atom stereocenters. The molecule has 0 fully saturated rings. The van der Waals surface area contributed by atoms with Gasteiger partial charge in [-0.25, -0.2) is 4.79 Å². The van der Waals surface area contributed by atoms with E-state index in [1.165, 1.54) is 0 Å². The first kappa shape index (κ1) is 15.3. The zero-order chi connectivity index (χ0) is 15.1. The molecule has 2 aromatic rings. The van der Waals surface area contributed by atoms with Crippen LogP contribution in [-0.2, 0) is 13.0 Å². The number of hydrogen-bond acceptors (Lipinski definition) is 2. The summed E-state index contributed by atoms with van der Waals surface area (Å²) < 4.78 is 0. The van der Waals surface area contributed by atoms with Gasteiger partial charge in [0.1, 0.15) is 0 Å². The first-order valence-corrected chi connectivity index (χ1v) is 7.16. The summed E-state index contributed by atoms with van der Waals surface area (Å²) in [5.41, 5.74) is 2.01. The summed E-state index contributed by atoms with van der Waals surface area (Å²) in [4.78, 5) is 17.8. The molecule has 0 unspecified atom stereocenters. The maximum absolute atomic E-state index is 12.0. The number of rotatable bonds is 5. The zero-order valence-electron chi connectivity index (χ0n) is 11.9. The van der Waals surface area contributed by atoms with Gasteiger partial charge in [0.2, 0.25) is 0 Å². The highest BCUT2D eigenvalue weighted by Gasteiger charge is 2.08. The van der Waals surface area contributed by atoms with E-state index in [9.17, 15) is 4.79 Å². The van der Waals surface area contributed by atoms with E-state index in [0.29, 0.717) is 18.1 Å². The van der Waals surface area contributed by atoms with E-state index in [1.807, 2.05) is 42.5 Å². The van der Waals surface area contributed by atoms with Gasteiger partial charge in [0.15, 0.2) is 0 Å². The van der Waals surface area contributed by atoms with Crippen LogP contribution in [0.5, 0.6) is 0 Å². The lowest BCUT2D eigenvalue weighted by atomic mass is 10.2. The summed E-state index contributed by atoms with van der Waals surface area (Å²) in [7, 11) is 1.77. The SMILES string of the molecule is CN(Cc1ccc(Cl)cc1)C(=O)NCCc1ccccn1. The van der Waals surface area contributed by atoms with E-state index < -0.39 is 0 Å². The minimum atomic E-state index is -0.0964. The highest BCUT2D eigenvalue weighted by molar-refractivity contribution is 6.30. The van der Waals surface area contributed by atoms with Gasteiger partial charge in [-0.15, -0.1) is 0 Å². The molecule has 0 bridgehead atoms. The molecule has 1 aromatic carbocycles. The number of hydrogen-bond donors (Lipinski definition) is 1. The molecule has 0 radical (unpaired) electrons. The zero-order valence-corrected chi connectivity index (χ0v) is 12.7. The second kappa shape index (κ2) is 7.64. The normalized spacial score (nSPS) is 10.2. The third-order valence-corrected chi connectivity index (χ3v) is 3.32. The number of carbonyl (C=O) groups excluding carboxylic acids is 1.